The Bertz CT molecular complexity index is 680. The van der Waals surface area contributed by atoms with Crippen LogP contribution in [0, 0.1) is 0 Å². The van der Waals surface area contributed by atoms with Crippen molar-refractivity contribution in [3.8, 4) is 5.75 Å². The van der Waals surface area contributed by atoms with Gasteiger partial charge in [-0.3, -0.25) is 4.79 Å². The number of aromatic nitrogens is 2. The first-order valence-electron chi connectivity index (χ1n) is 7.42. The van der Waals surface area contributed by atoms with Crippen LogP contribution in [-0.4, -0.2) is 44.5 Å². The summed E-state index contributed by atoms with van der Waals surface area (Å²) in [6.07, 6.45) is 1.69. The largest absolute Gasteiger partial charge is 0.497 e. The SMILES string of the molecule is [B]c1cnc(NCCC(=O)OC)c(NCc2ccc(OC)cc2)n1. The first-order valence-corrected chi connectivity index (χ1v) is 7.42. The van der Waals surface area contributed by atoms with Gasteiger partial charge in [0, 0.05) is 24.9 Å². The molecule has 2 rings (SSSR count). The molecule has 124 valence electrons. The minimum atomic E-state index is -0.293. The molecule has 0 bridgehead atoms. The molecule has 0 amide bonds. The third-order valence-electron chi connectivity index (χ3n) is 3.26. The summed E-state index contributed by atoms with van der Waals surface area (Å²) in [5.74, 6) is 1.56. The van der Waals surface area contributed by atoms with Gasteiger partial charge in [-0.25, -0.2) is 9.97 Å². The fourth-order valence-electron chi connectivity index (χ4n) is 1.97. The highest BCUT2D eigenvalue weighted by Gasteiger charge is 2.07. The highest BCUT2D eigenvalue weighted by molar-refractivity contribution is 6.30. The number of rotatable bonds is 8. The molecule has 7 nitrogen and oxygen atoms in total. The number of benzene rings is 1. The monoisotopic (exact) mass is 326 g/mol. The number of methoxy groups -OCH3 is 2. The van der Waals surface area contributed by atoms with E-state index < -0.39 is 0 Å². The average Bonchev–Trinajstić information content (AvgIpc) is 2.61. The third kappa shape index (κ3) is 5.15. The number of nitrogens with one attached hydrogen (secondary N) is 2. The lowest BCUT2D eigenvalue weighted by atomic mass is 10.1. The Balaban J connectivity index is 1.99. The van der Waals surface area contributed by atoms with Crippen LogP contribution >= 0.6 is 0 Å². The fourth-order valence-corrected chi connectivity index (χ4v) is 1.97. The lowest BCUT2D eigenvalue weighted by Crippen LogP contribution is -2.18. The predicted octanol–water partition coefficient (Wildman–Crippen LogP) is 0.866. The Morgan fingerprint density at radius 2 is 1.92 bits per heavy atom. The number of hydrogen-bond donors (Lipinski definition) is 2. The van der Waals surface area contributed by atoms with E-state index in [9.17, 15) is 4.79 Å². The highest BCUT2D eigenvalue weighted by atomic mass is 16.5. The van der Waals surface area contributed by atoms with E-state index in [1.807, 2.05) is 24.3 Å². The minimum Gasteiger partial charge on any atom is -0.497 e. The molecule has 0 unspecified atom stereocenters. The maximum absolute atomic E-state index is 11.2. The molecule has 0 spiro atoms. The summed E-state index contributed by atoms with van der Waals surface area (Å²) in [6, 6.07) is 7.68. The quantitative estimate of drug-likeness (QED) is 0.550. The van der Waals surface area contributed by atoms with Crippen LogP contribution in [0.25, 0.3) is 0 Å². The Kier molecular flexibility index (Phi) is 6.42. The molecular formula is C16H19BN4O3. The summed E-state index contributed by atoms with van der Waals surface area (Å²) in [5.41, 5.74) is 1.37. The molecule has 2 N–H and O–H groups in total. The number of carbonyl (C=O) groups excluding carboxylic acids is 1. The molecule has 0 atom stereocenters. The second-order valence-corrected chi connectivity index (χ2v) is 4.95. The molecule has 1 aromatic carbocycles. The molecule has 1 heterocycles. The van der Waals surface area contributed by atoms with Gasteiger partial charge < -0.3 is 20.1 Å². The molecule has 8 heteroatoms. The van der Waals surface area contributed by atoms with Gasteiger partial charge in [0.05, 0.1) is 20.6 Å². The Hall–Kier alpha value is -2.77. The number of esters is 1. The molecule has 0 aliphatic carbocycles. The molecule has 24 heavy (non-hydrogen) atoms. The van der Waals surface area contributed by atoms with Crippen molar-refractivity contribution in [2.75, 3.05) is 31.4 Å². The fraction of sp³-hybridized carbons (Fsp3) is 0.312. The summed E-state index contributed by atoms with van der Waals surface area (Å²) in [6.45, 7) is 0.941. The standard InChI is InChI=1S/C16H19BN4O3/c1-23-12-5-3-11(4-6-12)9-19-16-15(20-10-13(17)21-16)18-8-7-14(22)24-2/h3-6,10H,7-9H2,1-2H3,(H,18,20)(H,19,21). The maximum Gasteiger partial charge on any atom is 0.307 e. The lowest BCUT2D eigenvalue weighted by molar-refractivity contribution is -0.140. The first-order chi connectivity index (χ1) is 11.6. The average molecular weight is 326 g/mol. The number of carbonyl (C=O) groups is 1. The second-order valence-electron chi connectivity index (χ2n) is 4.95. The van der Waals surface area contributed by atoms with Crippen LogP contribution in [-0.2, 0) is 16.1 Å². The van der Waals surface area contributed by atoms with Gasteiger partial charge >= 0.3 is 5.97 Å². The summed E-state index contributed by atoms with van der Waals surface area (Å²) >= 11 is 0. The van der Waals surface area contributed by atoms with Crippen molar-refractivity contribution in [3.63, 3.8) is 0 Å². The van der Waals surface area contributed by atoms with Gasteiger partial charge in [0.15, 0.2) is 11.6 Å². The van der Waals surface area contributed by atoms with Crippen molar-refractivity contribution in [1.82, 2.24) is 9.97 Å². The van der Waals surface area contributed by atoms with Crippen LogP contribution in [0.3, 0.4) is 0 Å². The molecule has 2 radical (unpaired) electrons. The van der Waals surface area contributed by atoms with Crippen LogP contribution in [0.1, 0.15) is 12.0 Å². The van der Waals surface area contributed by atoms with Gasteiger partial charge in [0.2, 0.25) is 0 Å². The minimum absolute atomic E-state index is 0.237. The van der Waals surface area contributed by atoms with Gasteiger partial charge in [0.1, 0.15) is 13.6 Å². The molecule has 0 saturated heterocycles. The van der Waals surface area contributed by atoms with E-state index in [1.54, 1.807) is 7.11 Å². The van der Waals surface area contributed by atoms with Crippen LogP contribution in [0.15, 0.2) is 30.5 Å². The second kappa shape index (κ2) is 8.76. The van der Waals surface area contributed by atoms with Crippen molar-refractivity contribution in [3.05, 3.63) is 36.0 Å². The van der Waals surface area contributed by atoms with E-state index in [1.165, 1.54) is 13.3 Å². The van der Waals surface area contributed by atoms with E-state index >= 15 is 0 Å². The Morgan fingerprint density at radius 1 is 1.17 bits per heavy atom. The Morgan fingerprint density at radius 3 is 2.58 bits per heavy atom. The Labute approximate surface area is 142 Å². The molecular weight excluding hydrogens is 307 g/mol. The first kappa shape index (κ1) is 17.6. The highest BCUT2D eigenvalue weighted by Crippen LogP contribution is 2.16. The predicted molar refractivity (Wildman–Crippen MR) is 92.9 cm³/mol. The third-order valence-corrected chi connectivity index (χ3v) is 3.26. The lowest BCUT2D eigenvalue weighted by Gasteiger charge is -2.13. The molecule has 1 aromatic heterocycles. The van der Waals surface area contributed by atoms with Crippen LogP contribution in [0.2, 0.25) is 0 Å². The van der Waals surface area contributed by atoms with E-state index in [2.05, 4.69) is 25.3 Å². The zero-order valence-corrected chi connectivity index (χ0v) is 13.7. The summed E-state index contributed by atoms with van der Waals surface area (Å²) < 4.78 is 9.73. The molecule has 0 aliphatic rings. The molecule has 0 saturated carbocycles. The molecule has 0 aliphatic heterocycles. The smallest absolute Gasteiger partial charge is 0.307 e. The summed E-state index contributed by atoms with van der Waals surface area (Å²) in [7, 11) is 8.68. The van der Waals surface area contributed by atoms with Crippen molar-refractivity contribution in [1.29, 1.82) is 0 Å². The molecule has 0 fully saturated rings. The summed E-state index contributed by atoms with van der Waals surface area (Å²) in [4.78, 5) is 19.6. The van der Waals surface area contributed by atoms with Gasteiger partial charge in [-0.05, 0) is 17.7 Å². The normalized spacial score (nSPS) is 10.1. The van der Waals surface area contributed by atoms with Gasteiger partial charge in [-0.2, -0.15) is 0 Å². The van der Waals surface area contributed by atoms with Crippen LogP contribution in [0.4, 0.5) is 11.6 Å². The summed E-state index contributed by atoms with van der Waals surface area (Å²) in [5, 5.41) is 6.23. The zero-order valence-electron chi connectivity index (χ0n) is 13.7. The van der Waals surface area contributed by atoms with Gasteiger partial charge in [-0.1, -0.05) is 12.1 Å². The topological polar surface area (TPSA) is 85.4 Å². The van der Waals surface area contributed by atoms with E-state index in [4.69, 9.17) is 12.6 Å². The van der Waals surface area contributed by atoms with Crippen molar-refractivity contribution >= 4 is 31.0 Å². The van der Waals surface area contributed by atoms with E-state index in [0.717, 1.165) is 11.3 Å². The van der Waals surface area contributed by atoms with E-state index in [-0.39, 0.29) is 12.4 Å². The van der Waals surface area contributed by atoms with E-state index in [0.29, 0.717) is 30.3 Å². The maximum atomic E-state index is 11.2. The van der Waals surface area contributed by atoms with Crippen molar-refractivity contribution in [2.45, 2.75) is 13.0 Å². The van der Waals surface area contributed by atoms with Crippen molar-refractivity contribution in [2.24, 2.45) is 0 Å². The number of ether oxygens (including phenoxy) is 2. The number of hydrogen-bond acceptors (Lipinski definition) is 7. The van der Waals surface area contributed by atoms with Crippen molar-refractivity contribution < 1.29 is 14.3 Å². The van der Waals surface area contributed by atoms with Crippen LogP contribution in [0.5, 0.6) is 5.75 Å². The van der Waals surface area contributed by atoms with Gasteiger partial charge in [-0.15, -0.1) is 0 Å². The zero-order chi connectivity index (χ0) is 17.4. The number of anilines is 2. The molecule has 2 aromatic rings. The number of nitrogens with zero attached hydrogens (tertiary/aromatic N) is 2. The van der Waals surface area contributed by atoms with Gasteiger partial charge in [0.25, 0.3) is 0 Å². The van der Waals surface area contributed by atoms with Crippen LogP contribution < -0.4 is 21.0 Å².